The van der Waals surface area contributed by atoms with Crippen molar-refractivity contribution in [1.29, 1.82) is 0 Å². The molecular weight excluding hydrogens is 452 g/mol. The fourth-order valence-electron chi connectivity index (χ4n) is 3.61. The molecule has 0 N–H and O–H groups in total. The maximum absolute atomic E-state index is 13.1. The van der Waals surface area contributed by atoms with Crippen LogP contribution in [0.3, 0.4) is 0 Å². The first-order chi connectivity index (χ1) is 15.4. The van der Waals surface area contributed by atoms with Crippen LogP contribution in [0.25, 0.3) is 5.69 Å². The van der Waals surface area contributed by atoms with Gasteiger partial charge in [-0.2, -0.15) is 8.99 Å². The third kappa shape index (κ3) is 4.52. The van der Waals surface area contributed by atoms with Crippen LogP contribution in [-0.4, -0.2) is 50.9 Å². The summed E-state index contributed by atoms with van der Waals surface area (Å²) in [7, 11) is -3.80. The fourth-order valence-corrected chi connectivity index (χ4v) is 6.02. The van der Waals surface area contributed by atoms with E-state index < -0.39 is 14.9 Å². The molecule has 1 fully saturated rings. The Morgan fingerprint density at radius 1 is 1.06 bits per heavy atom. The molecule has 0 bridgehead atoms. The van der Waals surface area contributed by atoms with Crippen molar-refractivity contribution < 1.29 is 13.3 Å². The maximum Gasteiger partial charge on any atom is 0.284 e. The van der Waals surface area contributed by atoms with Gasteiger partial charge in [0.15, 0.2) is 0 Å². The van der Waals surface area contributed by atoms with Crippen molar-refractivity contribution >= 4 is 27.5 Å². The van der Waals surface area contributed by atoms with Gasteiger partial charge in [-0.25, -0.2) is 8.42 Å². The lowest BCUT2D eigenvalue weighted by atomic mass is 10.2. The number of tetrazole rings is 1. The Labute approximate surface area is 189 Å². The molecule has 2 aromatic carbocycles. The molecule has 2 heterocycles. The average Bonchev–Trinajstić information content (AvgIpc) is 3.04. The minimum absolute atomic E-state index is 0.0751. The van der Waals surface area contributed by atoms with Crippen LogP contribution >= 0.6 is 11.8 Å². The van der Waals surface area contributed by atoms with E-state index in [1.807, 2.05) is 31.2 Å². The highest BCUT2D eigenvalue weighted by molar-refractivity contribution is 7.99. The van der Waals surface area contributed by atoms with Crippen LogP contribution in [0.5, 0.6) is 0 Å². The lowest BCUT2D eigenvalue weighted by Crippen LogP contribution is -2.31. The van der Waals surface area contributed by atoms with Crippen molar-refractivity contribution in [2.24, 2.45) is 0 Å². The van der Waals surface area contributed by atoms with Gasteiger partial charge in [-0.1, -0.05) is 31.0 Å². The number of aromatic nitrogens is 4. The molecule has 4 rings (SSSR count). The molecule has 1 aromatic heterocycles. The summed E-state index contributed by atoms with van der Waals surface area (Å²) >= 11 is 1.01. The van der Waals surface area contributed by atoms with Crippen molar-refractivity contribution in [1.82, 2.24) is 24.5 Å². The van der Waals surface area contributed by atoms with Crippen molar-refractivity contribution in [2.75, 3.05) is 13.1 Å². The molecule has 10 nitrogen and oxygen atoms in total. The number of benzene rings is 2. The van der Waals surface area contributed by atoms with Gasteiger partial charge < -0.3 is 0 Å². The van der Waals surface area contributed by atoms with Crippen LogP contribution < -0.4 is 0 Å². The number of hydrogen-bond acceptors (Lipinski definition) is 8. The van der Waals surface area contributed by atoms with Gasteiger partial charge in [-0.3, -0.25) is 10.1 Å². The second-order valence-electron chi connectivity index (χ2n) is 7.47. The highest BCUT2D eigenvalue weighted by atomic mass is 32.2. The highest BCUT2D eigenvalue weighted by Gasteiger charge is 2.29. The van der Waals surface area contributed by atoms with Crippen molar-refractivity contribution in [3.05, 3.63) is 58.1 Å². The third-order valence-electron chi connectivity index (χ3n) is 5.32. The van der Waals surface area contributed by atoms with Gasteiger partial charge in [-0.05, 0) is 65.7 Å². The summed E-state index contributed by atoms with van der Waals surface area (Å²) < 4.78 is 29.1. The Hall–Kier alpha value is -2.83. The predicted octanol–water partition coefficient (Wildman–Crippen LogP) is 3.59. The van der Waals surface area contributed by atoms with Crippen LogP contribution in [0, 0.1) is 17.0 Å². The number of nitro groups is 1. The zero-order chi connectivity index (χ0) is 22.7. The van der Waals surface area contributed by atoms with Gasteiger partial charge in [0.05, 0.1) is 20.4 Å². The zero-order valence-corrected chi connectivity index (χ0v) is 19.0. The molecule has 0 saturated carbocycles. The third-order valence-corrected chi connectivity index (χ3v) is 8.21. The SMILES string of the molecule is Cc1ccccc1-n1nnnc1Sc1ccc(S(=O)(=O)N2CCCCCC2)cc1[N+](=O)[O-]. The number of hydrogen-bond donors (Lipinski definition) is 0. The summed E-state index contributed by atoms with van der Waals surface area (Å²) in [6.45, 7) is 2.77. The van der Waals surface area contributed by atoms with E-state index in [-0.39, 0.29) is 15.5 Å². The number of nitro benzene ring substituents is 1. The Kier molecular flexibility index (Phi) is 6.53. The molecule has 0 unspecified atom stereocenters. The molecule has 32 heavy (non-hydrogen) atoms. The van der Waals surface area contributed by atoms with E-state index in [4.69, 9.17) is 0 Å². The second-order valence-corrected chi connectivity index (χ2v) is 10.4. The van der Waals surface area contributed by atoms with E-state index in [1.165, 1.54) is 21.1 Å². The Morgan fingerprint density at radius 2 is 1.78 bits per heavy atom. The van der Waals surface area contributed by atoms with E-state index in [2.05, 4.69) is 15.5 Å². The quantitative estimate of drug-likeness (QED) is 0.392. The molecule has 1 aliphatic heterocycles. The van der Waals surface area contributed by atoms with E-state index in [0.29, 0.717) is 18.2 Å². The van der Waals surface area contributed by atoms with Crippen molar-refractivity contribution in [3.63, 3.8) is 0 Å². The molecule has 0 spiro atoms. The topological polar surface area (TPSA) is 124 Å². The van der Waals surface area contributed by atoms with Crippen molar-refractivity contribution in [3.8, 4) is 5.69 Å². The van der Waals surface area contributed by atoms with Crippen LogP contribution in [0.4, 0.5) is 5.69 Å². The second kappa shape index (κ2) is 9.35. The Balaban J connectivity index is 1.68. The first kappa shape index (κ1) is 22.4. The first-order valence-electron chi connectivity index (χ1n) is 10.2. The van der Waals surface area contributed by atoms with Gasteiger partial charge in [-0.15, -0.1) is 5.10 Å². The number of aryl methyl sites for hydroxylation is 1. The lowest BCUT2D eigenvalue weighted by Gasteiger charge is -2.20. The van der Waals surface area contributed by atoms with Crippen molar-refractivity contribution in [2.45, 2.75) is 47.6 Å². The standard InChI is InChI=1S/C20H22N6O4S2/c1-15-8-4-5-9-17(15)25-20(21-22-23-25)31-19-11-10-16(14-18(19)26(27)28)32(29,30)24-12-6-2-3-7-13-24/h4-5,8-11,14H,2-3,6-7,12-13H2,1H3. The smallest absolute Gasteiger partial charge is 0.258 e. The van der Waals surface area contributed by atoms with E-state index >= 15 is 0 Å². The van der Waals surface area contributed by atoms with Gasteiger partial charge in [0.25, 0.3) is 5.69 Å². The van der Waals surface area contributed by atoms with Gasteiger partial charge >= 0.3 is 0 Å². The molecule has 0 aliphatic carbocycles. The number of rotatable bonds is 6. The normalized spacial score (nSPS) is 15.4. The minimum atomic E-state index is -3.80. The van der Waals surface area contributed by atoms with Crippen LogP contribution in [-0.2, 0) is 10.0 Å². The molecule has 0 atom stereocenters. The molecule has 1 aliphatic rings. The zero-order valence-electron chi connectivity index (χ0n) is 17.4. The molecule has 168 valence electrons. The molecule has 0 amide bonds. The average molecular weight is 475 g/mol. The highest BCUT2D eigenvalue weighted by Crippen LogP contribution is 2.36. The summed E-state index contributed by atoms with van der Waals surface area (Å²) in [4.78, 5) is 11.4. The Morgan fingerprint density at radius 3 is 2.47 bits per heavy atom. The van der Waals surface area contributed by atoms with Crippen LogP contribution in [0.2, 0.25) is 0 Å². The monoisotopic (exact) mass is 474 g/mol. The fraction of sp³-hybridized carbons (Fsp3) is 0.350. The van der Waals surface area contributed by atoms with E-state index in [9.17, 15) is 18.5 Å². The van der Waals surface area contributed by atoms with Gasteiger partial charge in [0.1, 0.15) is 0 Å². The Bertz CT molecular complexity index is 1240. The summed E-state index contributed by atoms with van der Waals surface area (Å²) in [5, 5.41) is 23.8. The van der Waals surface area contributed by atoms with E-state index in [1.54, 1.807) is 0 Å². The lowest BCUT2D eigenvalue weighted by molar-refractivity contribution is -0.388. The van der Waals surface area contributed by atoms with Crippen LogP contribution in [0.1, 0.15) is 31.2 Å². The molecule has 12 heteroatoms. The molecular formula is C20H22N6O4S2. The summed E-state index contributed by atoms with van der Waals surface area (Å²) in [6, 6.07) is 11.5. The summed E-state index contributed by atoms with van der Waals surface area (Å²) in [5.74, 6) is 0. The number of para-hydroxylation sites is 1. The summed E-state index contributed by atoms with van der Waals surface area (Å²) in [5.41, 5.74) is 1.39. The van der Waals surface area contributed by atoms with Gasteiger partial charge in [0.2, 0.25) is 15.2 Å². The number of nitrogens with zero attached hydrogens (tertiary/aromatic N) is 6. The van der Waals surface area contributed by atoms with E-state index in [0.717, 1.165) is 54.8 Å². The van der Waals surface area contributed by atoms with Gasteiger partial charge in [0, 0.05) is 19.2 Å². The maximum atomic E-state index is 13.1. The molecule has 3 aromatic rings. The van der Waals surface area contributed by atoms with Crippen LogP contribution in [0.15, 0.2) is 57.4 Å². The first-order valence-corrected chi connectivity index (χ1v) is 12.4. The summed E-state index contributed by atoms with van der Waals surface area (Å²) in [6.07, 6.45) is 3.54. The largest absolute Gasteiger partial charge is 0.284 e. The minimum Gasteiger partial charge on any atom is -0.258 e. The number of sulfonamides is 1. The molecule has 1 saturated heterocycles. The molecule has 0 radical (unpaired) electrons. The predicted molar refractivity (Wildman–Crippen MR) is 118 cm³/mol.